The van der Waals surface area contributed by atoms with E-state index in [0.29, 0.717) is 0 Å². The van der Waals surface area contributed by atoms with Crippen LogP contribution in [0.25, 0.3) is 0 Å². The Hall–Kier alpha value is -0.136. The Bertz CT molecular complexity index is 396. The van der Waals surface area contributed by atoms with E-state index in [4.69, 9.17) is 0 Å². The fraction of sp³-hybridized carbons (Fsp3) is 0.500. The van der Waals surface area contributed by atoms with Gasteiger partial charge in [-0.1, -0.05) is 39.3 Å². The number of nitrogens with zero attached hydrogens (tertiary/aromatic N) is 1. The molecule has 17 heavy (non-hydrogen) atoms. The predicted molar refractivity (Wildman–Crippen MR) is 83.3 cm³/mol. The maximum atomic E-state index is 13.2. The molecule has 0 radical (unpaired) electrons. The van der Waals surface area contributed by atoms with Crippen molar-refractivity contribution in [2.24, 2.45) is 0 Å². The number of rotatable bonds is 3. The molecule has 0 aliphatic rings. The molecule has 0 amide bonds. The zero-order valence-corrected chi connectivity index (χ0v) is 15.0. The van der Waals surface area contributed by atoms with Crippen LogP contribution in [0, 0.1) is 5.82 Å². The molecule has 0 bridgehead atoms. The second kappa shape index (κ2) is 4.86. The van der Waals surface area contributed by atoms with E-state index in [2.05, 4.69) is 59.4 Å². The Labute approximate surface area is 114 Å². The molecular weight excluding hydrogens is 313 g/mol. The topological polar surface area (TPSA) is 3.24 Å². The van der Waals surface area contributed by atoms with Crippen molar-refractivity contribution < 1.29 is 4.39 Å². The van der Waals surface area contributed by atoms with Gasteiger partial charge in [0.2, 0.25) is 0 Å². The largest absolute Gasteiger partial charge is 0.424 e. The molecule has 5 heteroatoms. The highest BCUT2D eigenvalue weighted by Crippen LogP contribution is 2.34. The highest BCUT2D eigenvalue weighted by Gasteiger charge is 2.35. The van der Waals surface area contributed by atoms with Gasteiger partial charge in [-0.05, 0) is 34.1 Å². The average molecular weight is 334 g/mol. The Morgan fingerprint density at radius 3 is 1.82 bits per heavy atom. The summed E-state index contributed by atoms with van der Waals surface area (Å²) in [6.45, 7) is 14.0. The van der Waals surface area contributed by atoms with Gasteiger partial charge in [-0.25, -0.2) is 4.39 Å². The van der Waals surface area contributed by atoms with Crippen molar-refractivity contribution in [1.29, 1.82) is 0 Å². The van der Waals surface area contributed by atoms with Crippen LogP contribution in [0.3, 0.4) is 0 Å². The summed E-state index contributed by atoms with van der Waals surface area (Å²) >= 11 is 3.50. The smallest absolute Gasteiger partial charge is 0.138 e. The minimum Gasteiger partial charge on any atom is -0.424 e. The molecule has 0 aromatic heterocycles. The average Bonchev–Trinajstić information content (AvgIpc) is 2.04. The molecule has 0 saturated carbocycles. The lowest BCUT2D eigenvalue weighted by molar-refractivity contribution is 0.627. The second-order valence-corrected chi connectivity index (χ2v) is 17.2. The van der Waals surface area contributed by atoms with Crippen molar-refractivity contribution in [2.75, 3.05) is 4.23 Å². The Morgan fingerprint density at radius 2 is 1.47 bits per heavy atom. The minimum absolute atomic E-state index is 0.188. The van der Waals surface area contributed by atoms with Gasteiger partial charge in [0.25, 0.3) is 0 Å². The van der Waals surface area contributed by atoms with Crippen LogP contribution < -0.4 is 4.23 Å². The van der Waals surface area contributed by atoms with Gasteiger partial charge in [0.1, 0.15) is 22.3 Å². The molecule has 0 atom stereocenters. The quantitative estimate of drug-likeness (QED) is 0.698. The van der Waals surface area contributed by atoms with Crippen molar-refractivity contribution in [2.45, 2.75) is 39.3 Å². The van der Waals surface area contributed by atoms with Crippen LogP contribution in [0.2, 0.25) is 39.3 Å². The number of hydrogen-bond donors (Lipinski definition) is 0. The van der Waals surface area contributed by atoms with Crippen LogP contribution in [0.4, 0.5) is 10.1 Å². The van der Waals surface area contributed by atoms with Gasteiger partial charge in [-0.2, -0.15) is 0 Å². The van der Waals surface area contributed by atoms with Crippen molar-refractivity contribution in [3.63, 3.8) is 0 Å². The van der Waals surface area contributed by atoms with Crippen LogP contribution in [0.5, 0.6) is 0 Å². The Balaban J connectivity index is 3.34. The SMILES string of the molecule is C[Si](C)(C)N(c1ccc(F)cc1Br)[Si](C)(C)C. The molecule has 0 fully saturated rings. The number of halogens is 2. The first-order chi connectivity index (χ1) is 7.53. The summed E-state index contributed by atoms with van der Waals surface area (Å²) in [7, 11) is -2.94. The highest BCUT2D eigenvalue weighted by molar-refractivity contribution is 9.10. The molecule has 0 unspecified atom stereocenters. The molecular formula is C12H21BrFNSi2. The highest BCUT2D eigenvalue weighted by atomic mass is 79.9. The van der Waals surface area contributed by atoms with E-state index in [1.54, 1.807) is 12.1 Å². The molecule has 1 aromatic rings. The summed E-state index contributed by atoms with van der Waals surface area (Å²) in [6, 6.07) is 5.01. The van der Waals surface area contributed by atoms with E-state index in [0.717, 1.165) is 10.2 Å². The summed E-state index contributed by atoms with van der Waals surface area (Å²) in [5, 5.41) is 0. The first-order valence-corrected chi connectivity index (χ1v) is 13.5. The van der Waals surface area contributed by atoms with Crippen LogP contribution >= 0.6 is 15.9 Å². The zero-order chi connectivity index (χ0) is 13.4. The molecule has 0 spiro atoms. The minimum atomic E-state index is -1.47. The van der Waals surface area contributed by atoms with Gasteiger partial charge in [0, 0.05) is 10.2 Å². The van der Waals surface area contributed by atoms with E-state index >= 15 is 0 Å². The van der Waals surface area contributed by atoms with Gasteiger partial charge >= 0.3 is 0 Å². The standard InChI is InChI=1S/C12H21BrFNSi2/c1-16(2,3)15(17(4,5)6)12-8-7-10(14)9-11(12)13/h7-9H,1-6H3. The lowest BCUT2D eigenvalue weighted by atomic mass is 10.3. The maximum absolute atomic E-state index is 13.2. The van der Waals surface area contributed by atoms with Crippen LogP contribution in [0.1, 0.15) is 0 Å². The Kier molecular flexibility index (Phi) is 4.26. The van der Waals surface area contributed by atoms with Crippen molar-refractivity contribution in [1.82, 2.24) is 0 Å². The van der Waals surface area contributed by atoms with Crippen LogP contribution in [-0.2, 0) is 0 Å². The van der Waals surface area contributed by atoms with Crippen molar-refractivity contribution in [3.8, 4) is 0 Å². The van der Waals surface area contributed by atoms with Crippen LogP contribution in [0.15, 0.2) is 22.7 Å². The number of hydrogen-bond acceptors (Lipinski definition) is 1. The first kappa shape index (κ1) is 14.9. The zero-order valence-electron chi connectivity index (χ0n) is 11.4. The Morgan fingerprint density at radius 1 is 1.00 bits per heavy atom. The van der Waals surface area contributed by atoms with Crippen LogP contribution in [-0.4, -0.2) is 16.5 Å². The van der Waals surface area contributed by atoms with E-state index in [1.807, 2.05) is 6.07 Å². The molecule has 0 aliphatic heterocycles. The van der Waals surface area contributed by atoms with Gasteiger partial charge in [0.05, 0.1) is 0 Å². The fourth-order valence-electron chi connectivity index (χ4n) is 2.39. The van der Waals surface area contributed by atoms with Gasteiger partial charge in [-0.3, -0.25) is 0 Å². The lowest BCUT2D eigenvalue weighted by Gasteiger charge is -2.46. The van der Waals surface area contributed by atoms with E-state index in [9.17, 15) is 4.39 Å². The number of anilines is 1. The molecule has 96 valence electrons. The van der Waals surface area contributed by atoms with Gasteiger partial charge in [0.15, 0.2) is 0 Å². The molecule has 0 aliphatic carbocycles. The molecule has 1 rings (SSSR count). The maximum Gasteiger partial charge on any atom is 0.138 e. The summed E-state index contributed by atoms with van der Waals surface area (Å²) in [5.74, 6) is -0.188. The molecule has 0 saturated heterocycles. The third-order valence-corrected chi connectivity index (χ3v) is 10.3. The molecule has 1 aromatic carbocycles. The fourth-order valence-corrected chi connectivity index (χ4v) is 13.1. The summed E-state index contributed by atoms with van der Waals surface area (Å²) in [6.07, 6.45) is 0. The molecule has 0 N–H and O–H groups in total. The van der Waals surface area contributed by atoms with Crippen molar-refractivity contribution in [3.05, 3.63) is 28.5 Å². The monoisotopic (exact) mass is 333 g/mol. The van der Waals surface area contributed by atoms with Gasteiger partial charge in [-0.15, -0.1) is 0 Å². The number of benzene rings is 1. The predicted octanol–water partition coefficient (Wildman–Crippen LogP) is 5.06. The normalized spacial score (nSPS) is 12.7. The van der Waals surface area contributed by atoms with Gasteiger partial charge < -0.3 is 4.23 Å². The molecule has 0 heterocycles. The lowest BCUT2D eigenvalue weighted by Crippen LogP contribution is -2.59. The third-order valence-electron chi connectivity index (χ3n) is 2.49. The third kappa shape index (κ3) is 3.66. The first-order valence-electron chi connectivity index (χ1n) is 5.79. The summed E-state index contributed by atoms with van der Waals surface area (Å²) < 4.78 is 16.6. The summed E-state index contributed by atoms with van der Waals surface area (Å²) in [5.41, 5.74) is 1.14. The molecule has 1 nitrogen and oxygen atoms in total. The van der Waals surface area contributed by atoms with Crippen molar-refractivity contribution >= 4 is 38.1 Å². The van der Waals surface area contributed by atoms with E-state index in [-0.39, 0.29) is 5.82 Å². The second-order valence-electron chi connectivity index (χ2n) is 6.27. The van der Waals surface area contributed by atoms with E-state index < -0.39 is 16.5 Å². The van der Waals surface area contributed by atoms with E-state index in [1.165, 1.54) is 0 Å². The summed E-state index contributed by atoms with van der Waals surface area (Å²) in [4.78, 5) is 0.